The van der Waals surface area contributed by atoms with Gasteiger partial charge in [0.1, 0.15) is 10.5 Å². The Balaban J connectivity index is 1.26. The zero-order valence-electron chi connectivity index (χ0n) is 18.6. The van der Waals surface area contributed by atoms with Crippen LogP contribution in [0.4, 0.5) is 0 Å². The third-order valence-electron chi connectivity index (χ3n) is 5.95. The Morgan fingerprint density at radius 2 is 2.00 bits per heavy atom. The Kier molecular flexibility index (Phi) is 6.00. The normalized spacial score (nSPS) is 16.2. The molecule has 2 aromatic carbocycles. The van der Waals surface area contributed by atoms with Crippen LogP contribution in [0.25, 0.3) is 21.7 Å². The van der Waals surface area contributed by atoms with Crippen LogP contribution in [0.1, 0.15) is 30.3 Å². The number of carbonyl (C=O) groups excluding carboxylic acids is 1. The van der Waals surface area contributed by atoms with Gasteiger partial charge in [0.05, 0.1) is 32.3 Å². The van der Waals surface area contributed by atoms with Gasteiger partial charge in [0.2, 0.25) is 5.91 Å². The summed E-state index contributed by atoms with van der Waals surface area (Å²) in [5.41, 5.74) is 3.37. The molecular weight excluding hydrogens is 438 g/mol. The summed E-state index contributed by atoms with van der Waals surface area (Å²) in [5, 5.41) is 2.80. The number of piperidine rings is 1. The van der Waals surface area contributed by atoms with E-state index in [1.165, 1.54) is 11.3 Å². The number of benzene rings is 2. The maximum Gasteiger partial charge on any atom is 0.228 e. The number of aromatic nitrogens is 2. The van der Waals surface area contributed by atoms with E-state index in [1.807, 2.05) is 52.7 Å². The zero-order valence-corrected chi connectivity index (χ0v) is 19.4. The van der Waals surface area contributed by atoms with Crippen LogP contribution >= 0.6 is 11.3 Å². The number of hydrogen-bond donors (Lipinski definition) is 0. The van der Waals surface area contributed by atoms with E-state index in [0.29, 0.717) is 18.0 Å². The highest BCUT2D eigenvalue weighted by atomic mass is 32.1. The number of carbonyl (C=O) groups is 1. The van der Waals surface area contributed by atoms with Gasteiger partial charge in [-0.2, -0.15) is 0 Å². The summed E-state index contributed by atoms with van der Waals surface area (Å²) in [7, 11) is 3.22. The minimum atomic E-state index is 0.0833. The molecule has 0 aliphatic carbocycles. The van der Waals surface area contributed by atoms with Crippen molar-refractivity contribution in [1.82, 2.24) is 14.9 Å². The molecule has 0 bridgehead atoms. The third-order valence-corrected chi connectivity index (χ3v) is 6.89. The lowest BCUT2D eigenvalue weighted by Crippen LogP contribution is -2.40. The molecule has 8 heteroatoms. The van der Waals surface area contributed by atoms with E-state index >= 15 is 0 Å². The highest BCUT2D eigenvalue weighted by Gasteiger charge is 2.28. The van der Waals surface area contributed by atoms with Gasteiger partial charge in [0.15, 0.2) is 23.0 Å². The minimum Gasteiger partial charge on any atom is -0.493 e. The lowest BCUT2D eigenvalue weighted by Gasteiger charge is -2.31. The van der Waals surface area contributed by atoms with Crippen molar-refractivity contribution in [3.05, 3.63) is 59.4 Å². The van der Waals surface area contributed by atoms with Crippen molar-refractivity contribution in [2.24, 2.45) is 0 Å². The van der Waals surface area contributed by atoms with Gasteiger partial charge >= 0.3 is 0 Å². The number of rotatable bonds is 6. The Labute approximate surface area is 196 Å². The van der Waals surface area contributed by atoms with E-state index in [0.717, 1.165) is 52.6 Å². The summed E-state index contributed by atoms with van der Waals surface area (Å²) in [6, 6.07) is 13.5. The molecule has 1 fully saturated rings. The minimum absolute atomic E-state index is 0.0833. The second kappa shape index (κ2) is 9.23. The monoisotopic (exact) mass is 463 g/mol. The number of nitrogens with zero attached hydrogens (tertiary/aromatic N) is 3. The van der Waals surface area contributed by atoms with Crippen molar-refractivity contribution in [3.63, 3.8) is 0 Å². The fraction of sp³-hybridized carbons (Fsp3) is 0.320. The van der Waals surface area contributed by atoms with E-state index in [9.17, 15) is 4.79 Å². The highest BCUT2D eigenvalue weighted by Crippen LogP contribution is 2.34. The molecule has 1 amide bonds. The van der Waals surface area contributed by atoms with E-state index in [4.69, 9.17) is 18.9 Å². The van der Waals surface area contributed by atoms with Crippen LogP contribution in [0.15, 0.2) is 52.3 Å². The molecule has 1 saturated heterocycles. The van der Waals surface area contributed by atoms with Gasteiger partial charge in [0, 0.05) is 24.0 Å². The predicted octanol–water partition coefficient (Wildman–Crippen LogP) is 4.92. The fourth-order valence-electron chi connectivity index (χ4n) is 4.23. The number of fused-ring (bicyclic) bond motifs is 1. The molecule has 0 radical (unpaired) electrons. The molecule has 0 N–H and O–H groups in total. The second-order valence-corrected chi connectivity index (χ2v) is 8.95. The summed E-state index contributed by atoms with van der Waals surface area (Å²) in [5.74, 6) is 2.25. The van der Waals surface area contributed by atoms with Crippen LogP contribution < -0.4 is 9.47 Å². The average molecular weight is 464 g/mol. The Morgan fingerprint density at radius 1 is 1.15 bits per heavy atom. The van der Waals surface area contributed by atoms with Gasteiger partial charge in [0.25, 0.3) is 0 Å². The van der Waals surface area contributed by atoms with Crippen LogP contribution in [-0.4, -0.2) is 48.1 Å². The van der Waals surface area contributed by atoms with E-state index in [1.54, 1.807) is 14.2 Å². The Bertz CT molecular complexity index is 1250. The number of ether oxygens (including phenoxy) is 2. The van der Waals surface area contributed by atoms with Crippen LogP contribution in [0.5, 0.6) is 11.5 Å². The van der Waals surface area contributed by atoms with Gasteiger partial charge in [-0.05, 0) is 43.2 Å². The average Bonchev–Trinajstić information content (AvgIpc) is 3.51. The molecule has 0 spiro atoms. The molecule has 1 aliphatic heterocycles. The highest BCUT2D eigenvalue weighted by molar-refractivity contribution is 7.13. The summed E-state index contributed by atoms with van der Waals surface area (Å²) < 4.78 is 16.7. The molecule has 1 aliphatic rings. The largest absolute Gasteiger partial charge is 0.493 e. The molecule has 170 valence electrons. The number of hydrogen-bond acceptors (Lipinski definition) is 7. The van der Waals surface area contributed by atoms with Crippen LogP contribution in [-0.2, 0) is 11.2 Å². The molecule has 5 rings (SSSR count). The molecule has 4 aromatic rings. The number of para-hydroxylation sites is 2. The second-order valence-electron chi connectivity index (χ2n) is 8.09. The Morgan fingerprint density at radius 3 is 2.82 bits per heavy atom. The SMILES string of the molecule is COc1ccc(-c2nc(CC(=O)N3CCCC(c4nc5ccccc5o4)C3)cs2)cc1OC. The topological polar surface area (TPSA) is 77.7 Å². The summed E-state index contributed by atoms with van der Waals surface area (Å²) in [6.07, 6.45) is 2.18. The Hall–Kier alpha value is -3.39. The maximum absolute atomic E-state index is 13.0. The first-order valence-corrected chi connectivity index (χ1v) is 11.8. The molecule has 33 heavy (non-hydrogen) atoms. The summed E-state index contributed by atoms with van der Waals surface area (Å²) >= 11 is 1.52. The number of oxazole rings is 1. The molecular formula is C25H25N3O4S. The van der Waals surface area contributed by atoms with E-state index in [-0.39, 0.29) is 18.2 Å². The van der Waals surface area contributed by atoms with Crippen molar-refractivity contribution in [2.75, 3.05) is 27.3 Å². The van der Waals surface area contributed by atoms with Gasteiger partial charge in [-0.25, -0.2) is 9.97 Å². The fourth-order valence-corrected chi connectivity index (χ4v) is 5.04. The molecule has 1 atom stereocenters. The number of thiazole rings is 1. The standard InChI is InChI=1S/C25H25N3O4S/c1-30-21-10-9-16(12-22(21)31-2)25-26-18(15-33-25)13-23(29)28-11-5-6-17(14-28)24-27-19-7-3-4-8-20(19)32-24/h3-4,7-10,12,15,17H,5-6,11,13-14H2,1-2H3. The van der Waals surface area contributed by atoms with Crippen molar-refractivity contribution >= 4 is 28.3 Å². The van der Waals surface area contributed by atoms with Gasteiger partial charge in [-0.15, -0.1) is 11.3 Å². The zero-order chi connectivity index (χ0) is 22.8. The smallest absolute Gasteiger partial charge is 0.228 e. The van der Waals surface area contributed by atoms with Crippen LogP contribution in [0.3, 0.4) is 0 Å². The van der Waals surface area contributed by atoms with E-state index < -0.39 is 0 Å². The molecule has 7 nitrogen and oxygen atoms in total. The van der Waals surface area contributed by atoms with Gasteiger partial charge in [-0.1, -0.05) is 12.1 Å². The summed E-state index contributed by atoms with van der Waals surface area (Å²) in [4.78, 5) is 24.3. The molecule has 3 heterocycles. The van der Waals surface area contributed by atoms with E-state index in [2.05, 4.69) is 4.98 Å². The number of likely N-dealkylation sites (tertiary alicyclic amines) is 1. The lowest BCUT2D eigenvalue weighted by molar-refractivity contribution is -0.131. The van der Waals surface area contributed by atoms with Crippen molar-refractivity contribution in [2.45, 2.75) is 25.2 Å². The van der Waals surface area contributed by atoms with Crippen LogP contribution in [0, 0.1) is 0 Å². The first-order chi connectivity index (χ1) is 16.1. The van der Waals surface area contributed by atoms with Crippen molar-refractivity contribution in [3.8, 4) is 22.1 Å². The first kappa shape index (κ1) is 21.5. The quantitative estimate of drug-likeness (QED) is 0.404. The van der Waals surface area contributed by atoms with Gasteiger partial charge in [-0.3, -0.25) is 4.79 Å². The number of amides is 1. The lowest BCUT2D eigenvalue weighted by atomic mass is 9.97. The summed E-state index contributed by atoms with van der Waals surface area (Å²) in [6.45, 7) is 1.38. The molecule has 0 saturated carbocycles. The maximum atomic E-state index is 13.0. The molecule has 1 unspecified atom stereocenters. The molecule has 2 aromatic heterocycles. The van der Waals surface area contributed by atoms with Gasteiger partial charge < -0.3 is 18.8 Å². The van der Waals surface area contributed by atoms with Crippen molar-refractivity contribution < 1.29 is 18.7 Å². The predicted molar refractivity (Wildman–Crippen MR) is 127 cm³/mol. The third kappa shape index (κ3) is 4.43. The number of methoxy groups -OCH3 is 2. The van der Waals surface area contributed by atoms with Crippen LogP contribution in [0.2, 0.25) is 0 Å². The first-order valence-electron chi connectivity index (χ1n) is 10.9. The van der Waals surface area contributed by atoms with Crippen molar-refractivity contribution in [1.29, 1.82) is 0 Å².